The molecule has 0 aliphatic rings. The van der Waals surface area contributed by atoms with Gasteiger partial charge in [0.25, 0.3) is 5.91 Å². The van der Waals surface area contributed by atoms with Gasteiger partial charge in [-0.3, -0.25) is 4.79 Å². The lowest BCUT2D eigenvalue weighted by molar-refractivity contribution is -0.123. The van der Waals surface area contributed by atoms with Crippen LogP contribution in [0.25, 0.3) is 0 Å². The van der Waals surface area contributed by atoms with Crippen LogP contribution in [-0.4, -0.2) is 25.6 Å². The Labute approximate surface area is 121 Å². The summed E-state index contributed by atoms with van der Waals surface area (Å²) >= 11 is 0. The molecular formula is C16H26N2O2. The molecule has 4 nitrogen and oxygen atoms in total. The van der Waals surface area contributed by atoms with Gasteiger partial charge in [-0.05, 0) is 40.3 Å². The van der Waals surface area contributed by atoms with Crippen LogP contribution in [0, 0.1) is 6.92 Å². The van der Waals surface area contributed by atoms with Crippen molar-refractivity contribution in [2.75, 3.05) is 13.7 Å². The molecule has 0 aromatic heterocycles. The highest BCUT2D eigenvalue weighted by atomic mass is 16.5. The van der Waals surface area contributed by atoms with Crippen LogP contribution in [0.2, 0.25) is 0 Å². The molecule has 2 atom stereocenters. The minimum Gasteiger partial charge on any atom is -0.483 e. The second-order valence-corrected chi connectivity index (χ2v) is 5.22. The molecule has 1 rings (SSSR count). The SMILES string of the molecule is CCC(C)NC(=O)COc1ccc(C)cc1C(C)NC. The van der Waals surface area contributed by atoms with Crippen LogP contribution in [0.15, 0.2) is 18.2 Å². The number of ether oxygens (including phenoxy) is 1. The molecule has 20 heavy (non-hydrogen) atoms. The molecule has 1 aromatic carbocycles. The molecule has 0 saturated heterocycles. The molecule has 1 amide bonds. The van der Waals surface area contributed by atoms with Crippen LogP contribution in [0.3, 0.4) is 0 Å². The molecule has 0 fully saturated rings. The molecule has 1 aromatic rings. The van der Waals surface area contributed by atoms with Gasteiger partial charge in [0, 0.05) is 17.6 Å². The molecule has 0 aliphatic carbocycles. The first kappa shape index (κ1) is 16.5. The third kappa shape index (κ3) is 4.85. The molecule has 0 spiro atoms. The van der Waals surface area contributed by atoms with E-state index in [0.717, 1.165) is 17.7 Å². The summed E-state index contributed by atoms with van der Waals surface area (Å²) in [5, 5.41) is 6.09. The van der Waals surface area contributed by atoms with Gasteiger partial charge in [0.2, 0.25) is 0 Å². The molecule has 112 valence electrons. The van der Waals surface area contributed by atoms with Gasteiger partial charge in [-0.2, -0.15) is 0 Å². The number of benzene rings is 1. The van der Waals surface area contributed by atoms with E-state index in [1.165, 1.54) is 5.56 Å². The first-order valence-corrected chi connectivity index (χ1v) is 7.17. The van der Waals surface area contributed by atoms with E-state index in [4.69, 9.17) is 4.74 Å². The number of nitrogens with one attached hydrogen (secondary N) is 2. The highest BCUT2D eigenvalue weighted by molar-refractivity contribution is 5.77. The van der Waals surface area contributed by atoms with E-state index in [1.807, 2.05) is 40.0 Å². The van der Waals surface area contributed by atoms with Gasteiger partial charge >= 0.3 is 0 Å². The van der Waals surface area contributed by atoms with Crippen LogP contribution in [0.5, 0.6) is 5.75 Å². The largest absolute Gasteiger partial charge is 0.483 e. The lowest BCUT2D eigenvalue weighted by Gasteiger charge is -2.18. The number of aryl methyl sites for hydroxylation is 1. The van der Waals surface area contributed by atoms with Crippen LogP contribution in [0.1, 0.15) is 44.4 Å². The smallest absolute Gasteiger partial charge is 0.258 e. The van der Waals surface area contributed by atoms with E-state index in [2.05, 4.69) is 23.6 Å². The predicted molar refractivity (Wildman–Crippen MR) is 82.0 cm³/mol. The number of carbonyl (C=O) groups excluding carboxylic acids is 1. The second kappa shape index (κ2) is 7.90. The zero-order valence-electron chi connectivity index (χ0n) is 13.1. The van der Waals surface area contributed by atoms with E-state index in [-0.39, 0.29) is 24.6 Å². The second-order valence-electron chi connectivity index (χ2n) is 5.22. The lowest BCUT2D eigenvalue weighted by atomic mass is 10.0. The van der Waals surface area contributed by atoms with E-state index >= 15 is 0 Å². The average Bonchev–Trinajstić information content (AvgIpc) is 2.44. The maximum absolute atomic E-state index is 11.8. The third-order valence-corrected chi connectivity index (χ3v) is 3.44. The maximum atomic E-state index is 11.8. The Morgan fingerprint density at radius 3 is 2.65 bits per heavy atom. The zero-order valence-corrected chi connectivity index (χ0v) is 13.1. The Kier molecular flexibility index (Phi) is 6.52. The summed E-state index contributed by atoms with van der Waals surface area (Å²) in [6, 6.07) is 6.37. The van der Waals surface area contributed by atoms with Gasteiger partial charge in [-0.1, -0.05) is 24.6 Å². The van der Waals surface area contributed by atoms with Crippen molar-refractivity contribution in [3.05, 3.63) is 29.3 Å². The lowest BCUT2D eigenvalue weighted by Crippen LogP contribution is -2.35. The number of amides is 1. The first-order valence-electron chi connectivity index (χ1n) is 7.17. The van der Waals surface area contributed by atoms with E-state index in [0.29, 0.717) is 0 Å². The minimum atomic E-state index is -0.0806. The summed E-state index contributed by atoms with van der Waals surface area (Å²) in [6.07, 6.45) is 0.915. The van der Waals surface area contributed by atoms with Crippen molar-refractivity contribution in [2.24, 2.45) is 0 Å². The number of rotatable bonds is 7. The molecule has 2 N–H and O–H groups in total. The van der Waals surface area contributed by atoms with Crippen LogP contribution < -0.4 is 15.4 Å². The molecular weight excluding hydrogens is 252 g/mol. The summed E-state index contributed by atoms with van der Waals surface area (Å²) < 4.78 is 5.67. The quantitative estimate of drug-likeness (QED) is 0.806. The van der Waals surface area contributed by atoms with Gasteiger partial charge in [-0.25, -0.2) is 0 Å². The Morgan fingerprint density at radius 2 is 2.05 bits per heavy atom. The normalized spacial score (nSPS) is 13.7. The van der Waals surface area contributed by atoms with Crippen molar-refractivity contribution in [2.45, 2.75) is 46.2 Å². The fourth-order valence-corrected chi connectivity index (χ4v) is 1.86. The maximum Gasteiger partial charge on any atom is 0.258 e. The Balaban J connectivity index is 2.70. The Hall–Kier alpha value is -1.55. The van der Waals surface area contributed by atoms with Gasteiger partial charge < -0.3 is 15.4 Å². The Bertz CT molecular complexity index is 446. The zero-order chi connectivity index (χ0) is 15.1. The summed E-state index contributed by atoms with van der Waals surface area (Å²) in [5.41, 5.74) is 2.25. The highest BCUT2D eigenvalue weighted by Gasteiger charge is 2.12. The highest BCUT2D eigenvalue weighted by Crippen LogP contribution is 2.26. The van der Waals surface area contributed by atoms with E-state index < -0.39 is 0 Å². The topological polar surface area (TPSA) is 50.4 Å². The summed E-state index contributed by atoms with van der Waals surface area (Å²) in [6.45, 7) is 8.19. The first-order chi connectivity index (χ1) is 9.47. The standard InChI is InChI=1S/C16H26N2O2/c1-6-12(3)18-16(19)10-20-15-8-7-11(2)9-14(15)13(4)17-5/h7-9,12-13,17H,6,10H2,1-5H3,(H,18,19). The number of hydrogen-bond donors (Lipinski definition) is 2. The van der Waals surface area contributed by atoms with Gasteiger partial charge in [0.15, 0.2) is 6.61 Å². The van der Waals surface area contributed by atoms with Crippen LogP contribution in [0.4, 0.5) is 0 Å². The molecule has 4 heteroatoms. The molecule has 2 unspecified atom stereocenters. The van der Waals surface area contributed by atoms with Crippen molar-refractivity contribution < 1.29 is 9.53 Å². The molecule has 0 aliphatic heterocycles. The summed E-state index contributed by atoms with van der Waals surface area (Å²) in [5.74, 6) is 0.680. The predicted octanol–water partition coefficient (Wildman–Crippen LogP) is 2.57. The van der Waals surface area contributed by atoms with Crippen molar-refractivity contribution in [1.82, 2.24) is 10.6 Å². The molecule has 0 saturated carbocycles. The summed E-state index contributed by atoms with van der Waals surface area (Å²) in [7, 11) is 1.91. The van der Waals surface area contributed by atoms with Gasteiger partial charge in [0.05, 0.1) is 0 Å². The minimum absolute atomic E-state index is 0.0524. The van der Waals surface area contributed by atoms with Crippen LogP contribution >= 0.6 is 0 Å². The molecule has 0 heterocycles. The van der Waals surface area contributed by atoms with Crippen molar-refractivity contribution in [3.63, 3.8) is 0 Å². The van der Waals surface area contributed by atoms with Gasteiger partial charge in [0.1, 0.15) is 5.75 Å². The van der Waals surface area contributed by atoms with Crippen molar-refractivity contribution in [1.29, 1.82) is 0 Å². The van der Waals surface area contributed by atoms with Crippen molar-refractivity contribution in [3.8, 4) is 5.75 Å². The van der Waals surface area contributed by atoms with Crippen molar-refractivity contribution >= 4 is 5.91 Å². The fourth-order valence-electron chi connectivity index (χ4n) is 1.86. The third-order valence-electron chi connectivity index (χ3n) is 3.44. The van der Waals surface area contributed by atoms with E-state index in [1.54, 1.807) is 0 Å². The molecule has 0 bridgehead atoms. The fraction of sp³-hybridized carbons (Fsp3) is 0.562. The van der Waals surface area contributed by atoms with E-state index in [9.17, 15) is 4.79 Å². The monoisotopic (exact) mass is 278 g/mol. The number of hydrogen-bond acceptors (Lipinski definition) is 3. The molecule has 0 radical (unpaired) electrons. The average molecular weight is 278 g/mol. The summed E-state index contributed by atoms with van der Waals surface area (Å²) in [4.78, 5) is 11.8. The van der Waals surface area contributed by atoms with Gasteiger partial charge in [-0.15, -0.1) is 0 Å². The Morgan fingerprint density at radius 1 is 1.35 bits per heavy atom. The van der Waals surface area contributed by atoms with Crippen LogP contribution in [-0.2, 0) is 4.79 Å². The number of carbonyl (C=O) groups is 1.